The van der Waals surface area contributed by atoms with Crippen molar-refractivity contribution in [2.75, 3.05) is 5.32 Å². The number of benzene rings is 1. The quantitative estimate of drug-likeness (QED) is 0.747. The molecule has 88 valence electrons. The maximum absolute atomic E-state index is 13.3. The van der Waals surface area contributed by atoms with Crippen molar-refractivity contribution in [3.05, 3.63) is 23.0 Å². The van der Waals surface area contributed by atoms with Gasteiger partial charge < -0.3 is 10.4 Å². The highest BCUT2D eigenvalue weighted by Crippen LogP contribution is 2.30. The first-order valence-electron chi connectivity index (χ1n) is 4.71. The maximum atomic E-state index is 13.3. The minimum Gasteiger partial charge on any atom is -0.506 e. The summed E-state index contributed by atoms with van der Waals surface area (Å²) in [6.45, 7) is 5.13. The Morgan fingerprint density at radius 3 is 2.50 bits per heavy atom. The van der Waals surface area contributed by atoms with Crippen LogP contribution >= 0.6 is 11.6 Å². The number of phenolic OH excluding ortho intramolecular Hbond substituents is 1. The SMILES string of the molecule is CC(C)(C)C(=O)Nc1cc(Cl)c(O)cc1F. The fraction of sp³-hybridized carbons (Fsp3) is 0.364. The molecule has 0 bridgehead atoms. The van der Waals surface area contributed by atoms with Gasteiger partial charge in [0.2, 0.25) is 5.91 Å². The van der Waals surface area contributed by atoms with E-state index < -0.39 is 11.2 Å². The predicted octanol–water partition coefficient (Wildman–Crippen LogP) is 3.17. The van der Waals surface area contributed by atoms with Gasteiger partial charge in [-0.25, -0.2) is 4.39 Å². The number of phenols is 1. The fourth-order valence-corrected chi connectivity index (χ4v) is 1.11. The van der Waals surface area contributed by atoms with Crippen molar-refractivity contribution in [3.63, 3.8) is 0 Å². The molecule has 1 aromatic rings. The molecule has 0 aromatic heterocycles. The van der Waals surface area contributed by atoms with Crippen molar-refractivity contribution in [1.82, 2.24) is 0 Å². The molecule has 0 aliphatic carbocycles. The third-order valence-electron chi connectivity index (χ3n) is 1.97. The zero-order valence-corrected chi connectivity index (χ0v) is 10.0. The summed E-state index contributed by atoms with van der Waals surface area (Å²) in [4.78, 5) is 11.6. The zero-order chi connectivity index (χ0) is 12.5. The van der Waals surface area contributed by atoms with Crippen LogP contribution in [0.5, 0.6) is 5.75 Å². The third-order valence-corrected chi connectivity index (χ3v) is 2.27. The van der Waals surface area contributed by atoms with Gasteiger partial charge in [0.1, 0.15) is 11.6 Å². The van der Waals surface area contributed by atoms with Gasteiger partial charge in [-0.05, 0) is 6.07 Å². The number of rotatable bonds is 1. The highest BCUT2D eigenvalue weighted by molar-refractivity contribution is 6.32. The van der Waals surface area contributed by atoms with E-state index in [-0.39, 0.29) is 22.4 Å². The number of hydrogen-bond donors (Lipinski definition) is 2. The number of aromatic hydroxyl groups is 1. The molecule has 0 spiro atoms. The molecule has 1 aromatic carbocycles. The van der Waals surface area contributed by atoms with E-state index in [0.29, 0.717) is 0 Å². The van der Waals surface area contributed by atoms with Crippen molar-refractivity contribution in [2.24, 2.45) is 5.41 Å². The van der Waals surface area contributed by atoms with Crippen molar-refractivity contribution >= 4 is 23.2 Å². The molecule has 0 heterocycles. The average molecular weight is 246 g/mol. The standard InChI is InChI=1S/C11H13ClFNO2/c1-11(2,3)10(16)14-8-4-6(12)9(15)5-7(8)13/h4-5,15H,1-3H3,(H,14,16). The normalized spacial score (nSPS) is 11.3. The van der Waals surface area contributed by atoms with Gasteiger partial charge in [-0.1, -0.05) is 32.4 Å². The predicted molar refractivity (Wildman–Crippen MR) is 61.2 cm³/mol. The molecule has 1 rings (SSSR count). The zero-order valence-electron chi connectivity index (χ0n) is 9.27. The molecule has 2 N–H and O–H groups in total. The Balaban J connectivity index is 2.99. The molecule has 0 atom stereocenters. The first-order chi connectivity index (χ1) is 7.21. The summed E-state index contributed by atoms with van der Waals surface area (Å²) >= 11 is 5.62. The molecule has 0 saturated carbocycles. The highest BCUT2D eigenvalue weighted by Gasteiger charge is 2.22. The minimum atomic E-state index is -0.723. The van der Waals surface area contributed by atoms with E-state index in [4.69, 9.17) is 16.7 Å². The van der Waals surface area contributed by atoms with E-state index in [0.717, 1.165) is 6.07 Å². The number of nitrogens with one attached hydrogen (secondary N) is 1. The van der Waals surface area contributed by atoms with Crippen LogP contribution in [0.1, 0.15) is 20.8 Å². The number of carbonyl (C=O) groups is 1. The van der Waals surface area contributed by atoms with E-state index in [2.05, 4.69) is 5.32 Å². The van der Waals surface area contributed by atoms with Gasteiger partial charge in [0.15, 0.2) is 0 Å². The lowest BCUT2D eigenvalue weighted by Gasteiger charge is -2.18. The van der Waals surface area contributed by atoms with Gasteiger partial charge in [-0.15, -0.1) is 0 Å². The summed E-state index contributed by atoms with van der Waals surface area (Å²) < 4.78 is 13.3. The van der Waals surface area contributed by atoms with E-state index in [9.17, 15) is 9.18 Å². The highest BCUT2D eigenvalue weighted by atomic mass is 35.5. The van der Waals surface area contributed by atoms with Crippen LogP contribution in [0.3, 0.4) is 0 Å². The first-order valence-corrected chi connectivity index (χ1v) is 5.09. The Labute approximate surface area is 98.2 Å². The Kier molecular flexibility index (Phi) is 3.43. The van der Waals surface area contributed by atoms with E-state index in [1.807, 2.05) is 0 Å². The van der Waals surface area contributed by atoms with Crippen LogP contribution < -0.4 is 5.32 Å². The van der Waals surface area contributed by atoms with Gasteiger partial charge in [-0.2, -0.15) is 0 Å². The van der Waals surface area contributed by atoms with Crippen LogP contribution in [0.4, 0.5) is 10.1 Å². The molecule has 0 fully saturated rings. The average Bonchev–Trinajstić information content (AvgIpc) is 2.12. The van der Waals surface area contributed by atoms with Gasteiger partial charge in [0, 0.05) is 11.5 Å². The Bertz CT molecular complexity index is 427. The smallest absolute Gasteiger partial charge is 0.229 e. The Morgan fingerprint density at radius 2 is 2.00 bits per heavy atom. The third kappa shape index (κ3) is 2.85. The summed E-state index contributed by atoms with van der Waals surface area (Å²) in [6, 6.07) is 2.04. The van der Waals surface area contributed by atoms with Crippen LogP contribution in [0.25, 0.3) is 0 Å². The van der Waals surface area contributed by atoms with Gasteiger partial charge in [0.05, 0.1) is 10.7 Å². The number of halogens is 2. The molecule has 0 aliphatic heterocycles. The molecular formula is C11H13ClFNO2. The van der Waals surface area contributed by atoms with Crippen LogP contribution in [0, 0.1) is 11.2 Å². The summed E-state index contributed by atoms with van der Waals surface area (Å²) in [5.41, 5.74) is -0.667. The Hall–Kier alpha value is -1.29. The van der Waals surface area contributed by atoms with Crippen LogP contribution in [-0.4, -0.2) is 11.0 Å². The molecule has 0 saturated heterocycles. The van der Waals surface area contributed by atoms with E-state index in [1.165, 1.54) is 6.07 Å². The van der Waals surface area contributed by atoms with Crippen molar-refractivity contribution in [1.29, 1.82) is 0 Å². The second-order valence-corrected chi connectivity index (χ2v) is 4.89. The molecular weight excluding hydrogens is 233 g/mol. The largest absolute Gasteiger partial charge is 0.506 e. The van der Waals surface area contributed by atoms with Crippen LogP contribution in [0.2, 0.25) is 5.02 Å². The van der Waals surface area contributed by atoms with Gasteiger partial charge >= 0.3 is 0 Å². The first kappa shape index (κ1) is 12.8. The van der Waals surface area contributed by atoms with E-state index >= 15 is 0 Å². The number of hydrogen-bond acceptors (Lipinski definition) is 2. The molecule has 5 heteroatoms. The monoisotopic (exact) mass is 245 g/mol. The minimum absolute atomic E-state index is 0.00870. The lowest BCUT2D eigenvalue weighted by Crippen LogP contribution is -2.28. The summed E-state index contributed by atoms with van der Waals surface area (Å²) in [5.74, 6) is -1.40. The topological polar surface area (TPSA) is 49.3 Å². The summed E-state index contributed by atoms with van der Waals surface area (Å²) in [6.07, 6.45) is 0. The van der Waals surface area contributed by atoms with Crippen LogP contribution in [-0.2, 0) is 4.79 Å². The molecule has 1 amide bonds. The second-order valence-electron chi connectivity index (χ2n) is 4.49. The lowest BCUT2D eigenvalue weighted by molar-refractivity contribution is -0.123. The molecule has 0 aliphatic rings. The second kappa shape index (κ2) is 4.29. The number of anilines is 1. The van der Waals surface area contributed by atoms with Gasteiger partial charge in [0.25, 0.3) is 0 Å². The number of amides is 1. The molecule has 0 radical (unpaired) electrons. The molecule has 3 nitrogen and oxygen atoms in total. The van der Waals surface area contributed by atoms with Crippen molar-refractivity contribution in [2.45, 2.75) is 20.8 Å². The number of carbonyl (C=O) groups excluding carboxylic acids is 1. The van der Waals surface area contributed by atoms with Crippen molar-refractivity contribution in [3.8, 4) is 5.75 Å². The fourth-order valence-electron chi connectivity index (χ4n) is 0.942. The summed E-state index contributed by atoms with van der Waals surface area (Å²) in [5, 5.41) is 11.5. The lowest BCUT2D eigenvalue weighted by atomic mass is 9.95. The Morgan fingerprint density at radius 1 is 1.44 bits per heavy atom. The molecule has 0 unspecified atom stereocenters. The van der Waals surface area contributed by atoms with Crippen molar-refractivity contribution < 1.29 is 14.3 Å². The van der Waals surface area contributed by atoms with E-state index in [1.54, 1.807) is 20.8 Å². The maximum Gasteiger partial charge on any atom is 0.229 e. The summed E-state index contributed by atoms with van der Waals surface area (Å²) in [7, 11) is 0. The van der Waals surface area contributed by atoms with Gasteiger partial charge in [-0.3, -0.25) is 4.79 Å². The van der Waals surface area contributed by atoms with Crippen LogP contribution in [0.15, 0.2) is 12.1 Å². The molecule has 16 heavy (non-hydrogen) atoms.